The Morgan fingerprint density at radius 3 is 2.50 bits per heavy atom. The molecule has 88 valence electrons. The number of thiophene rings is 1. The van der Waals surface area contributed by atoms with E-state index in [1.807, 2.05) is 12.1 Å². The summed E-state index contributed by atoms with van der Waals surface area (Å²) in [6.07, 6.45) is 5.14. The highest BCUT2D eigenvalue weighted by Crippen LogP contribution is 2.25. The van der Waals surface area contributed by atoms with Crippen molar-refractivity contribution in [2.24, 2.45) is 0 Å². The molecule has 2 aromatic heterocycles. The lowest BCUT2D eigenvalue weighted by Gasteiger charge is -1.95. The Bertz CT molecular complexity index is 635. The second-order valence-electron chi connectivity index (χ2n) is 3.67. The molecule has 0 N–H and O–H groups in total. The lowest BCUT2D eigenvalue weighted by molar-refractivity contribution is 0.102. The molecule has 2 rings (SSSR count). The Kier molecular flexibility index (Phi) is 3.66. The summed E-state index contributed by atoms with van der Waals surface area (Å²) >= 11 is 1.34. The molecule has 0 aliphatic carbocycles. The minimum atomic E-state index is 0.0208. The number of carbonyl (C=O) groups excluding carboxylic acids is 1. The maximum Gasteiger partial charge on any atom is 0.169 e. The Labute approximate surface area is 109 Å². The number of nitrogens with zero attached hydrogens (tertiary/aromatic N) is 2. The van der Waals surface area contributed by atoms with Crippen LogP contribution in [0.1, 0.15) is 27.0 Å². The Hall–Kier alpha value is -2.25. The smallest absolute Gasteiger partial charge is 0.169 e. The van der Waals surface area contributed by atoms with Crippen LogP contribution in [0.5, 0.6) is 0 Å². The fourth-order valence-corrected chi connectivity index (χ4v) is 2.32. The van der Waals surface area contributed by atoms with Gasteiger partial charge in [0, 0.05) is 17.3 Å². The molecule has 0 aliphatic heterocycles. The first-order chi connectivity index (χ1) is 8.70. The second-order valence-corrected chi connectivity index (χ2v) is 4.75. The molecule has 2 heterocycles. The van der Waals surface area contributed by atoms with Crippen LogP contribution in [0, 0.1) is 11.3 Å². The molecule has 0 atom stereocenters. The van der Waals surface area contributed by atoms with Crippen molar-refractivity contribution in [1.29, 1.82) is 5.26 Å². The largest absolute Gasteiger partial charge is 0.294 e. The zero-order valence-corrected chi connectivity index (χ0v) is 10.6. The van der Waals surface area contributed by atoms with E-state index >= 15 is 0 Å². The average molecular weight is 254 g/mol. The topological polar surface area (TPSA) is 53.8 Å². The van der Waals surface area contributed by atoms with E-state index in [-0.39, 0.29) is 5.78 Å². The maximum atomic E-state index is 11.2. The molecule has 0 aromatic carbocycles. The molecule has 0 spiro atoms. The van der Waals surface area contributed by atoms with E-state index in [4.69, 9.17) is 0 Å². The SMILES string of the molecule is CC(=O)c1ccc(C(C#N)=Cc2ccncc2)s1. The van der Waals surface area contributed by atoms with Gasteiger partial charge in [-0.1, -0.05) is 0 Å². The van der Waals surface area contributed by atoms with Crippen LogP contribution in [0.2, 0.25) is 0 Å². The lowest BCUT2D eigenvalue weighted by Crippen LogP contribution is -1.83. The summed E-state index contributed by atoms with van der Waals surface area (Å²) in [5.74, 6) is 0.0208. The normalized spacial score (nSPS) is 11.0. The molecule has 0 bridgehead atoms. The van der Waals surface area contributed by atoms with Gasteiger partial charge < -0.3 is 0 Å². The molecule has 0 radical (unpaired) electrons. The minimum absolute atomic E-state index is 0.0208. The highest BCUT2D eigenvalue weighted by Gasteiger charge is 2.08. The van der Waals surface area contributed by atoms with Crippen molar-refractivity contribution in [3.63, 3.8) is 0 Å². The van der Waals surface area contributed by atoms with E-state index in [1.54, 1.807) is 30.6 Å². The summed E-state index contributed by atoms with van der Waals surface area (Å²) in [6.45, 7) is 1.52. The number of ketones is 1. The number of aromatic nitrogens is 1. The number of carbonyl (C=O) groups is 1. The van der Waals surface area contributed by atoms with Crippen molar-refractivity contribution >= 4 is 28.8 Å². The van der Waals surface area contributed by atoms with Gasteiger partial charge in [0.15, 0.2) is 5.78 Å². The van der Waals surface area contributed by atoms with Gasteiger partial charge in [0.25, 0.3) is 0 Å². The number of Topliss-reactive ketones (excluding diaryl/α,β-unsaturated/α-hetero) is 1. The van der Waals surface area contributed by atoms with Crippen molar-refractivity contribution in [3.05, 3.63) is 52.0 Å². The Morgan fingerprint density at radius 2 is 1.94 bits per heavy atom. The van der Waals surface area contributed by atoms with E-state index in [9.17, 15) is 10.1 Å². The average Bonchev–Trinajstić information content (AvgIpc) is 2.87. The first-order valence-electron chi connectivity index (χ1n) is 5.33. The van der Waals surface area contributed by atoms with E-state index in [0.29, 0.717) is 10.5 Å². The Morgan fingerprint density at radius 1 is 1.28 bits per heavy atom. The summed E-state index contributed by atoms with van der Waals surface area (Å²) < 4.78 is 0. The predicted molar refractivity (Wildman–Crippen MR) is 72.0 cm³/mol. The molecule has 0 saturated carbocycles. The Balaban J connectivity index is 2.37. The first-order valence-corrected chi connectivity index (χ1v) is 6.15. The monoisotopic (exact) mass is 254 g/mol. The summed E-state index contributed by atoms with van der Waals surface area (Å²) in [7, 11) is 0. The fourth-order valence-electron chi connectivity index (χ4n) is 1.46. The molecular weight excluding hydrogens is 244 g/mol. The molecule has 0 saturated heterocycles. The molecular formula is C14H10N2OS. The number of rotatable bonds is 3. The summed E-state index contributed by atoms with van der Waals surface area (Å²) in [6, 6.07) is 9.37. The summed E-state index contributed by atoms with van der Waals surface area (Å²) in [5, 5.41) is 9.18. The van der Waals surface area contributed by atoms with Gasteiger partial charge in [-0.2, -0.15) is 5.26 Å². The molecule has 0 amide bonds. The summed E-state index contributed by atoms with van der Waals surface area (Å²) in [5.41, 5.74) is 1.47. The van der Waals surface area contributed by atoms with Crippen LogP contribution in [0.25, 0.3) is 11.6 Å². The van der Waals surface area contributed by atoms with Crippen LogP contribution >= 0.6 is 11.3 Å². The van der Waals surface area contributed by atoms with Crippen LogP contribution in [-0.4, -0.2) is 10.8 Å². The van der Waals surface area contributed by atoms with Gasteiger partial charge in [0.05, 0.1) is 10.5 Å². The molecule has 0 unspecified atom stereocenters. The standard InChI is InChI=1S/C14H10N2OS/c1-10(17)13-2-3-14(18-13)12(9-15)8-11-4-6-16-7-5-11/h2-8H,1H3. The zero-order chi connectivity index (χ0) is 13.0. The maximum absolute atomic E-state index is 11.2. The number of allylic oxidation sites excluding steroid dienone is 1. The molecule has 2 aromatic rings. The van der Waals surface area contributed by atoms with Gasteiger partial charge in [-0.05, 0) is 42.8 Å². The van der Waals surface area contributed by atoms with E-state index in [2.05, 4.69) is 11.1 Å². The third-order valence-corrected chi connectivity index (χ3v) is 3.58. The lowest BCUT2D eigenvalue weighted by atomic mass is 10.1. The third kappa shape index (κ3) is 2.70. The van der Waals surface area contributed by atoms with Crippen molar-refractivity contribution in [1.82, 2.24) is 4.98 Å². The summed E-state index contributed by atoms with van der Waals surface area (Å²) in [4.78, 5) is 16.6. The molecule has 4 heteroatoms. The van der Waals surface area contributed by atoms with Crippen LogP contribution < -0.4 is 0 Å². The van der Waals surface area contributed by atoms with Gasteiger partial charge in [-0.15, -0.1) is 11.3 Å². The highest BCUT2D eigenvalue weighted by molar-refractivity contribution is 7.15. The first kappa shape index (κ1) is 12.2. The van der Waals surface area contributed by atoms with Crippen LogP contribution in [0.4, 0.5) is 0 Å². The second kappa shape index (κ2) is 5.39. The van der Waals surface area contributed by atoms with E-state index < -0.39 is 0 Å². The van der Waals surface area contributed by atoms with Gasteiger partial charge in [0.2, 0.25) is 0 Å². The van der Waals surface area contributed by atoms with E-state index in [1.165, 1.54) is 18.3 Å². The third-order valence-electron chi connectivity index (χ3n) is 2.36. The van der Waals surface area contributed by atoms with Crippen LogP contribution in [-0.2, 0) is 0 Å². The van der Waals surface area contributed by atoms with E-state index in [0.717, 1.165) is 10.4 Å². The number of nitriles is 1. The van der Waals surface area contributed by atoms with Crippen molar-refractivity contribution < 1.29 is 4.79 Å². The predicted octanol–water partition coefficient (Wildman–Crippen LogP) is 3.41. The molecule has 0 aliphatic rings. The van der Waals surface area contributed by atoms with Crippen LogP contribution in [0.15, 0.2) is 36.7 Å². The number of pyridine rings is 1. The quantitative estimate of drug-likeness (QED) is 0.623. The number of hydrogen-bond acceptors (Lipinski definition) is 4. The van der Waals surface area contributed by atoms with Crippen LogP contribution in [0.3, 0.4) is 0 Å². The highest BCUT2D eigenvalue weighted by atomic mass is 32.1. The molecule has 0 fully saturated rings. The fraction of sp³-hybridized carbons (Fsp3) is 0.0714. The van der Waals surface area contributed by atoms with Gasteiger partial charge >= 0.3 is 0 Å². The van der Waals surface area contributed by atoms with Crippen molar-refractivity contribution in [2.75, 3.05) is 0 Å². The number of hydrogen-bond donors (Lipinski definition) is 0. The van der Waals surface area contributed by atoms with Gasteiger partial charge in [-0.25, -0.2) is 0 Å². The van der Waals surface area contributed by atoms with Crippen molar-refractivity contribution in [3.8, 4) is 6.07 Å². The zero-order valence-electron chi connectivity index (χ0n) is 9.75. The molecule has 3 nitrogen and oxygen atoms in total. The minimum Gasteiger partial charge on any atom is -0.294 e. The van der Waals surface area contributed by atoms with Gasteiger partial charge in [-0.3, -0.25) is 9.78 Å². The van der Waals surface area contributed by atoms with Crippen molar-refractivity contribution in [2.45, 2.75) is 6.92 Å². The van der Waals surface area contributed by atoms with Gasteiger partial charge in [0.1, 0.15) is 6.07 Å². The molecule has 18 heavy (non-hydrogen) atoms.